The van der Waals surface area contributed by atoms with Crippen LogP contribution in [0.2, 0.25) is 0 Å². The predicted molar refractivity (Wildman–Crippen MR) is 348 cm³/mol. The van der Waals surface area contributed by atoms with Crippen LogP contribution < -0.4 is 9.80 Å². The molecule has 0 fully saturated rings. The van der Waals surface area contributed by atoms with Crippen molar-refractivity contribution < 1.29 is 0 Å². The van der Waals surface area contributed by atoms with Crippen molar-refractivity contribution in [3.05, 3.63) is 359 Å². The van der Waals surface area contributed by atoms with Gasteiger partial charge in [0.2, 0.25) is 0 Å². The Morgan fingerprint density at radius 1 is 0.349 bits per heavy atom. The zero-order valence-electron chi connectivity index (χ0n) is 46.8. The molecule has 3 aliphatic carbocycles. The highest BCUT2D eigenvalue weighted by atomic mass is 15.2. The lowest BCUT2D eigenvalue weighted by molar-refractivity contribution is 0.288. The van der Waals surface area contributed by atoms with E-state index in [1.165, 1.54) is 99.1 Å². The van der Waals surface area contributed by atoms with Crippen LogP contribution in [0, 0.1) is 19.3 Å². The van der Waals surface area contributed by atoms with Crippen LogP contribution in [0.15, 0.2) is 303 Å². The molecule has 3 atom stereocenters. The van der Waals surface area contributed by atoms with Gasteiger partial charge < -0.3 is 9.80 Å². The minimum absolute atomic E-state index is 0.207. The van der Waals surface area contributed by atoms with Gasteiger partial charge in [-0.1, -0.05) is 250 Å². The fourth-order valence-corrected chi connectivity index (χ4v) is 15.9. The van der Waals surface area contributed by atoms with Gasteiger partial charge in [-0.3, -0.25) is 0 Å². The minimum Gasteiger partial charge on any atom is -0.310 e. The monoisotopic (exact) mass is 1060 g/mol. The molecule has 394 valence electrons. The third kappa shape index (κ3) is 6.90. The normalized spacial score (nSPS) is 18.0. The first kappa shape index (κ1) is 48.8. The van der Waals surface area contributed by atoms with Gasteiger partial charge in [-0.15, -0.1) is 0 Å². The fourth-order valence-electron chi connectivity index (χ4n) is 15.9. The van der Waals surface area contributed by atoms with Gasteiger partial charge in [-0.25, -0.2) is 0 Å². The number of hydrogen-bond donors (Lipinski definition) is 0. The number of hydrogen-bond acceptors (Lipinski definition) is 2. The van der Waals surface area contributed by atoms with Gasteiger partial charge in [-0.05, 0) is 163 Å². The second kappa shape index (κ2) is 18.8. The van der Waals surface area contributed by atoms with Gasteiger partial charge in [0.25, 0.3) is 0 Å². The van der Waals surface area contributed by atoms with Crippen LogP contribution in [0.4, 0.5) is 34.1 Å². The van der Waals surface area contributed by atoms with Crippen molar-refractivity contribution in [2.75, 3.05) is 9.80 Å². The molecular weight excluding hydrogens is 1000 g/mol. The highest BCUT2D eigenvalue weighted by Crippen LogP contribution is 2.67. The van der Waals surface area contributed by atoms with E-state index in [9.17, 15) is 0 Å². The average molecular weight is 1060 g/mol. The summed E-state index contributed by atoms with van der Waals surface area (Å²) < 4.78 is 0. The molecule has 2 nitrogen and oxygen atoms in total. The highest BCUT2D eigenvalue weighted by molar-refractivity contribution is 6.28. The molecule has 0 bridgehead atoms. The second-order valence-corrected chi connectivity index (χ2v) is 23.3. The summed E-state index contributed by atoms with van der Waals surface area (Å²) in [5.41, 5.74) is 21.0. The molecule has 0 saturated heterocycles. The lowest BCUT2D eigenvalue weighted by atomic mass is 9.54. The molecule has 3 aliphatic rings. The Morgan fingerprint density at radius 2 is 0.795 bits per heavy atom. The van der Waals surface area contributed by atoms with Gasteiger partial charge in [0.1, 0.15) is 0 Å². The maximum Gasteiger partial charge on any atom is 0.0716 e. The molecule has 0 aromatic heterocycles. The number of allylic oxidation sites excluding steroid dienone is 4. The number of rotatable bonds is 10. The van der Waals surface area contributed by atoms with E-state index in [1.54, 1.807) is 0 Å². The second-order valence-electron chi connectivity index (χ2n) is 23.3. The van der Waals surface area contributed by atoms with Crippen LogP contribution in [0.3, 0.4) is 0 Å². The van der Waals surface area contributed by atoms with Gasteiger partial charge in [-0.2, -0.15) is 0 Å². The van der Waals surface area contributed by atoms with Crippen molar-refractivity contribution in [1.82, 2.24) is 0 Å². The summed E-state index contributed by atoms with van der Waals surface area (Å²) in [6.45, 7) is 7.06. The molecule has 2 heteroatoms. The van der Waals surface area contributed by atoms with Crippen molar-refractivity contribution in [3.63, 3.8) is 0 Å². The summed E-state index contributed by atoms with van der Waals surface area (Å²) in [6.07, 6.45) is 9.45. The summed E-state index contributed by atoms with van der Waals surface area (Å²) >= 11 is 0. The van der Waals surface area contributed by atoms with E-state index < -0.39 is 10.8 Å². The van der Waals surface area contributed by atoms with E-state index in [4.69, 9.17) is 0 Å². The quantitative estimate of drug-likeness (QED) is 0.126. The molecule has 0 heterocycles. The van der Waals surface area contributed by atoms with E-state index in [1.807, 2.05) is 0 Å². The SMILES string of the molecule is Cc1ccccc1C1(c2cccc(N(c3ccccc3)c3ccc4ccc5c(N(c6ccccc6)c6cccc(C7(c8ccccc8C)c8ccccc8C8C=CC=CC87C)c6)ccc6ccc3c4c65)c2)c2ccccc2-c2ccccc21. The molecule has 13 aromatic carbocycles. The number of anilines is 6. The molecule has 0 saturated carbocycles. The molecule has 0 aliphatic heterocycles. The number of para-hydroxylation sites is 2. The third-order valence-corrected chi connectivity index (χ3v) is 19.3. The predicted octanol–water partition coefficient (Wildman–Crippen LogP) is 21.1. The summed E-state index contributed by atoms with van der Waals surface area (Å²) in [4.78, 5) is 4.99. The Kier molecular flexibility index (Phi) is 11.0. The van der Waals surface area contributed by atoms with Gasteiger partial charge >= 0.3 is 0 Å². The number of nitrogens with zero attached hydrogens (tertiary/aromatic N) is 2. The number of aryl methyl sites for hydroxylation is 2. The van der Waals surface area contributed by atoms with E-state index in [0.717, 1.165) is 34.1 Å². The molecule has 0 radical (unpaired) electrons. The fraction of sp³-hybridized carbons (Fsp3) is 0.0864. The molecule has 16 rings (SSSR count). The largest absolute Gasteiger partial charge is 0.310 e. The lowest BCUT2D eigenvalue weighted by Gasteiger charge is -2.48. The minimum atomic E-state index is -0.548. The van der Waals surface area contributed by atoms with E-state index in [2.05, 4.69) is 334 Å². The summed E-state index contributed by atoms with van der Waals surface area (Å²) in [6, 6.07) is 105. The van der Waals surface area contributed by atoms with Crippen LogP contribution in [0.5, 0.6) is 0 Å². The zero-order chi connectivity index (χ0) is 55.4. The number of fused-ring (bicyclic) bond motifs is 6. The molecule has 0 N–H and O–H groups in total. The molecule has 0 spiro atoms. The molecule has 13 aromatic rings. The van der Waals surface area contributed by atoms with E-state index >= 15 is 0 Å². The molecular formula is C81H60N2. The standard InChI is InChI=1S/C81H60N2/c1-54-24-10-15-37-69(54)80(72-40-17-12-34-64(72)65-35-13-18-41-73(65)80)58-26-22-32-62(52-58)82(60-28-6-4-7-29-60)75-49-45-56-44-48-68-76(50-46-57-43-47-67(75)77(56)78(57)68)83(61-30-8-5-9-31-61)63-33-23-27-59(53-63)81(70-38-16-11-25-55(70)2)74-42-19-14-36-66(74)71-39-20-21-51-79(71,81)3/h4-53,71H,1-3H3. The highest BCUT2D eigenvalue weighted by Gasteiger charge is 2.61. The first-order valence-electron chi connectivity index (χ1n) is 29.3. The molecule has 83 heavy (non-hydrogen) atoms. The average Bonchev–Trinajstić information content (AvgIpc) is 1.83. The molecule has 0 amide bonds. The van der Waals surface area contributed by atoms with Crippen LogP contribution in [0.1, 0.15) is 68.5 Å². The van der Waals surface area contributed by atoms with Gasteiger partial charge in [0.05, 0.1) is 22.2 Å². The van der Waals surface area contributed by atoms with Gasteiger partial charge in [0, 0.05) is 44.9 Å². The van der Waals surface area contributed by atoms with Crippen molar-refractivity contribution in [2.24, 2.45) is 5.41 Å². The van der Waals surface area contributed by atoms with Gasteiger partial charge in [0.15, 0.2) is 0 Å². The van der Waals surface area contributed by atoms with Crippen molar-refractivity contribution in [3.8, 4) is 11.1 Å². The van der Waals surface area contributed by atoms with Crippen LogP contribution in [0.25, 0.3) is 43.4 Å². The maximum absolute atomic E-state index is 2.50. The summed E-state index contributed by atoms with van der Waals surface area (Å²) in [5.74, 6) is 0.207. The zero-order valence-corrected chi connectivity index (χ0v) is 46.8. The Hall–Kier alpha value is -10.0. The lowest BCUT2D eigenvalue weighted by Crippen LogP contribution is -2.44. The topological polar surface area (TPSA) is 6.48 Å². The maximum atomic E-state index is 2.50. The van der Waals surface area contributed by atoms with E-state index in [-0.39, 0.29) is 11.3 Å². The first-order valence-corrected chi connectivity index (χ1v) is 29.3. The van der Waals surface area contributed by atoms with Crippen LogP contribution in [-0.4, -0.2) is 0 Å². The van der Waals surface area contributed by atoms with Crippen molar-refractivity contribution >= 4 is 66.4 Å². The Bertz CT molecular complexity index is 4710. The van der Waals surface area contributed by atoms with Crippen LogP contribution in [-0.2, 0) is 10.8 Å². The van der Waals surface area contributed by atoms with Crippen molar-refractivity contribution in [1.29, 1.82) is 0 Å². The smallest absolute Gasteiger partial charge is 0.0716 e. The Balaban J connectivity index is 0.903. The summed E-state index contributed by atoms with van der Waals surface area (Å²) in [7, 11) is 0. The third-order valence-electron chi connectivity index (χ3n) is 19.3. The molecule has 3 unspecified atom stereocenters. The Labute approximate surface area is 486 Å². The Morgan fingerprint density at radius 3 is 1.36 bits per heavy atom. The first-order chi connectivity index (χ1) is 40.9. The van der Waals surface area contributed by atoms with Crippen molar-refractivity contribution in [2.45, 2.75) is 37.5 Å². The number of benzene rings is 13. The van der Waals surface area contributed by atoms with E-state index in [0.29, 0.717) is 0 Å². The van der Waals surface area contributed by atoms with Crippen LogP contribution >= 0.6 is 0 Å². The summed E-state index contributed by atoms with van der Waals surface area (Å²) in [5, 5.41) is 7.33.